The number of rotatable bonds is 7. The van der Waals surface area contributed by atoms with E-state index in [2.05, 4.69) is 133 Å². The van der Waals surface area contributed by atoms with Gasteiger partial charge in [-0.3, -0.25) is 4.98 Å². The molecule has 3 aromatic heterocycles. The number of fused-ring (bicyclic) bond motifs is 3. The summed E-state index contributed by atoms with van der Waals surface area (Å²) in [5, 5.41) is 2.35. The molecule has 5 nitrogen and oxygen atoms in total. The minimum Gasteiger partial charge on any atom is -0.308 e. The van der Waals surface area contributed by atoms with E-state index in [9.17, 15) is 0 Å². The molecule has 3 heterocycles. The smallest absolute Gasteiger partial charge is 0.166 e. The summed E-state index contributed by atoms with van der Waals surface area (Å²) in [6, 6.07) is 61.8. The molecule has 0 unspecified atom stereocenters. The Balaban J connectivity index is 1.28. The lowest BCUT2D eigenvalue weighted by Crippen LogP contribution is -2.04. The second-order valence-corrected chi connectivity index (χ2v) is 14.4. The van der Waals surface area contributed by atoms with Crippen molar-refractivity contribution in [2.45, 2.75) is 13.8 Å². The third-order valence-electron chi connectivity index (χ3n) is 10.8. The van der Waals surface area contributed by atoms with Gasteiger partial charge >= 0.3 is 0 Å². The van der Waals surface area contributed by atoms with Gasteiger partial charge in [-0.05, 0) is 95.3 Å². The van der Waals surface area contributed by atoms with Crippen LogP contribution in [0.1, 0.15) is 11.1 Å². The molecule has 0 N–H and O–H groups in total. The molecule has 5 heteroatoms. The largest absolute Gasteiger partial charge is 0.308 e. The van der Waals surface area contributed by atoms with Crippen molar-refractivity contribution in [1.82, 2.24) is 24.5 Å². The van der Waals surface area contributed by atoms with Gasteiger partial charge in [0.2, 0.25) is 0 Å². The second-order valence-electron chi connectivity index (χ2n) is 14.4. The van der Waals surface area contributed by atoms with E-state index in [0.717, 1.165) is 44.5 Å². The van der Waals surface area contributed by atoms with Gasteiger partial charge in [0.05, 0.1) is 16.7 Å². The lowest BCUT2D eigenvalue weighted by Gasteiger charge is -2.16. The summed E-state index contributed by atoms with van der Waals surface area (Å²) in [6.07, 6.45) is 3.70. The van der Waals surface area contributed by atoms with Crippen LogP contribution in [-0.4, -0.2) is 24.5 Å². The predicted molar refractivity (Wildman–Crippen MR) is 234 cm³/mol. The molecule has 7 aromatic carbocycles. The zero-order valence-electron chi connectivity index (χ0n) is 31.6. The molecule has 0 aliphatic rings. The first kappa shape index (κ1) is 34.0. The van der Waals surface area contributed by atoms with Crippen LogP contribution in [0.4, 0.5) is 0 Å². The normalized spacial score (nSPS) is 11.3. The van der Waals surface area contributed by atoms with Gasteiger partial charge in [-0.1, -0.05) is 133 Å². The van der Waals surface area contributed by atoms with Crippen molar-refractivity contribution in [2.75, 3.05) is 0 Å². The van der Waals surface area contributed by atoms with Crippen LogP contribution >= 0.6 is 0 Å². The number of aromatic nitrogens is 5. The Morgan fingerprint density at radius 2 is 0.860 bits per heavy atom. The predicted octanol–water partition coefficient (Wildman–Crippen LogP) is 13.0. The number of benzene rings is 7. The van der Waals surface area contributed by atoms with E-state index in [4.69, 9.17) is 15.0 Å². The minimum atomic E-state index is 0.589. The van der Waals surface area contributed by atoms with Crippen molar-refractivity contribution in [3.8, 4) is 73.2 Å². The summed E-state index contributed by atoms with van der Waals surface area (Å²) in [6.45, 7) is 4.36. The molecular weight excluding hydrogens is 695 g/mol. The van der Waals surface area contributed by atoms with Crippen molar-refractivity contribution < 1.29 is 0 Å². The van der Waals surface area contributed by atoms with Crippen molar-refractivity contribution >= 4 is 21.8 Å². The number of hydrogen-bond donors (Lipinski definition) is 0. The average molecular weight is 732 g/mol. The number of nitrogens with zero attached hydrogens (tertiary/aromatic N) is 5. The first-order valence-corrected chi connectivity index (χ1v) is 19.2. The molecule has 57 heavy (non-hydrogen) atoms. The van der Waals surface area contributed by atoms with E-state index in [1.54, 1.807) is 6.20 Å². The van der Waals surface area contributed by atoms with Crippen LogP contribution in [0.5, 0.6) is 0 Å². The molecule has 0 amide bonds. The Labute approximate surface area is 331 Å². The molecule has 0 spiro atoms. The molecule has 0 saturated carbocycles. The van der Waals surface area contributed by atoms with Gasteiger partial charge in [-0.2, -0.15) is 0 Å². The monoisotopic (exact) mass is 731 g/mol. The third-order valence-corrected chi connectivity index (χ3v) is 10.8. The van der Waals surface area contributed by atoms with Gasteiger partial charge < -0.3 is 4.57 Å². The highest BCUT2D eigenvalue weighted by Crippen LogP contribution is 2.41. The zero-order chi connectivity index (χ0) is 38.3. The van der Waals surface area contributed by atoms with Crippen LogP contribution in [-0.2, 0) is 0 Å². The highest BCUT2D eigenvalue weighted by molar-refractivity contribution is 6.12. The maximum atomic E-state index is 5.24. The molecule has 270 valence electrons. The van der Waals surface area contributed by atoms with E-state index >= 15 is 0 Å². The third kappa shape index (κ3) is 6.25. The van der Waals surface area contributed by atoms with Crippen LogP contribution < -0.4 is 0 Å². The van der Waals surface area contributed by atoms with Crippen LogP contribution in [0.15, 0.2) is 188 Å². The van der Waals surface area contributed by atoms with E-state index in [0.29, 0.717) is 17.5 Å². The summed E-state index contributed by atoms with van der Waals surface area (Å²) < 4.78 is 2.38. The maximum absolute atomic E-state index is 5.24. The van der Waals surface area contributed by atoms with Crippen LogP contribution in [0.25, 0.3) is 95.0 Å². The molecule has 0 radical (unpaired) electrons. The first-order valence-electron chi connectivity index (χ1n) is 19.2. The highest BCUT2D eigenvalue weighted by Gasteiger charge is 2.21. The van der Waals surface area contributed by atoms with Crippen molar-refractivity contribution in [3.63, 3.8) is 0 Å². The quantitative estimate of drug-likeness (QED) is 0.164. The average Bonchev–Trinajstić information content (AvgIpc) is 3.60. The molecule has 0 bridgehead atoms. The van der Waals surface area contributed by atoms with E-state index in [-0.39, 0.29) is 0 Å². The molecule has 10 rings (SSSR count). The fourth-order valence-electron chi connectivity index (χ4n) is 7.96. The molecular formula is C52H37N5. The van der Waals surface area contributed by atoms with Crippen LogP contribution in [0.3, 0.4) is 0 Å². The summed E-state index contributed by atoms with van der Waals surface area (Å²) >= 11 is 0. The SMILES string of the molecule is Cc1ccccc1-c1ccc2c(c1)c1cc(-c3ccccc3C)ccc1n2-c1ccc(-c2cccnc2)cc1-c1nc(-c2ccccc2)nc(-c2ccccc2)n1. The Morgan fingerprint density at radius 1 is 0.368 bits per heavy atom. The number of pyridine rings is 1. The van der Waals surface area contributed by atoms with Crippen molar-refractivity contribution in [3.05, 3.63) is 199 Å². The Kier molecular flexibility index (Phi) is 8.53. The van der Waals surface area contributed by atoms with Gasteiger partial charge in [0.1, 0.15) is 0 Å². The highest BCUT2D eigenvalue weighted by atomic mass is 15.1. The fourth-order valence-corrected chi connectivity index (χ4v) is 7.96. The zero-order valence-corrected chi connectivity index (χ0v) is 31.6. The summed E-state index contributed by atoms with van der Waals surface area (Å²) in [7, 11) is 0. The second kappa shape index (κ2) is 14.3. The van der Waals surface area contributed by atoms with Gasteiger partial charge in [-0.15, -0.1) is 0 Å². The summed E-state index contributed by atoms with van der Waals surface area (Å²) in [5.41, 5.74) is 15.2. The molecule has 10 aromatic rings. The maximum Gasteiger partial charge on any atom is 0.166 e. The van der Waals surface area contributed by atoms with Crippen molar-refractivity contribution in [2.24, 2.45) is 0 Å². The lowest BCUT2D eigenvalue weighted by atomic mass is 9.97. The molecule has 0 atom stereocenters. The molecule has 0 aliphatic carbocycles. The van der Waals surface area contributed by atoms with E-state index in [1.807, 2.05) is 72.9 Å². The Morgan fingerprint density at radius 3 is 1.39 bits per heavy atom. The minimum absolute atomic E-state index is 0.589. The standard InChI is InChI=1S/C52H37N5/c1-34-14-9-11-21-42(34)39-24-27-47-44(31-39)45-32-40(43-22-12-10-15-35(43)2)25-28-48(45)57(47)49-26-23-38(41-20-13-29-53-33-41)30-46(49)52-55-50(36-16-5-3-6-17-36)54-51(56-52)37-18-7-4-8-19-37/h3-33H,1-2H3. The summed E-state index contributed by atoms with van der Waals surface area (Å²) in [5.74, 6) is 1.82. The number of hydrogen-bond acceptors (Lipinski definition) is 4. The van der Waals surface area contributed by atoms with Crippen molar-refractivity contribution in [1.29, 1.82) is 0 Å². The van der Waals surface area contributed by atoms with Gasteiger partial charge in [0.25, 0.3) is 0 Å². The Hall–Kier alpha value is -7.50. The van der Waals surface area contributed by atoms with Gasteiger partial charge in [0.15, 0.2) is 17.5 Å². The topological polar surface area (TPSA) is 56.5 Å². The fraction of sp³-hybridized carbons (Fsp3) is 0.0385. The first-order chi connectivity index (χ1) is 28.1. The Bertz CT molecular complexity index is 2920. The van der Waals surface area contributed by atoms with E-state index < -0.39 is 0 Å². The van der Waals surface area contributed by atoms with Gasteiger partial charge in [0, 0.05) is 45.4 Å². The van der Waals surface area contributed by atoms with Gasteiger partial charge in [-0.25, -0.2) is 15.0 Å². The molecule has 0 fully saturated rings. The molecule has 0 saturated heterocycles. The molecule has 0 aliphatic heterocycles. The van der Waals surface area contributed by atoms with Crippen LogP contribution in [0.2, 0.25) is 0 Å². The van der Waals surface area contributed by atoms with E-state index in [1.165, 1.54) is 44.2 Å². The summed E-state index contributed by atoms with van der Waals surface area (Å²) in [4.78, 5) is 20.0. The number of aryl methyl sites for hydroxylation is 2. The van der Waals surface area contributed by atoms with Crippen LogP contribution in [0, 0.1) is 13.8 Å². The lowest BCUT2D eigenvalue weighted by molar-refractivity contribution is 1.06.